The van der Waals surface area contributed by atoms with E-state index in [1.165, 1.54) is 18.2 Å². The molecule has 0 aromatic heterocycles. The van der Waals surface area contributed by atoms with Crippen LogP contribution in [0.2, 0.25) is 45.8 Å². The Morgan fingerprint density at radius 2 is 0.657 bits per heavy atom. The van der Waals surface area contributed by atoms with E-state index in [1.54, 1.807) is 36.4 Å². The van der Waals surface area contributed by atoms with E-state index in [0.717, 1.165) is 0 Å². The van der Waals surface area contributed by atoms with Gasteiger partial charge in [0.1, 0.15) is 47.3 Å². The van der Waals surface area contributed by atoms with Crippen molar-refractivity contribution in [2.24, 2.45) is 0 Å². The number of hydrogen-bond donors (Lipinski definition) is 3. The summed E-state index contributed by atoms with van der Waals surface area (Å²) in [5.74, 6) is -0.854. The normalized spacial score (nSPS) is 12.9. The molecule has 0 atom stereocenters. The highest BCUT2D eigenvalue weighted by Crippen LogP contribution is 2.39. The number of para-hydroxylation sites is 3. The summed E-state index contributed by atoms with van der Waals surface area (Å²) in [5.41, 5.74) is 1.48. The van der Waals surface area contributed by atoms with E-state index >= 15 is 0 Å². The minimum atomic E-state index is -2.47. The van der Waals surface area contributed by atoms with E-state index in [1.807, 2.05) is 18.2 Å². The second-order valence-corrected chi connectivity index (χ2v) is 48.3. The predicted octanol–water partition coefficient (Wildman–Crippen LogP) is 7.67. The molecule has 35 heavy (non-hydrogen) atoms. The van der Waals surface area contributed by atoms with Gasteiger partial charge in [-0.25, -0.2) is 13.2 Å². The molecule has 0 radical (unpaired) electrons. The van der Waals surface area contributed by atoms with E-state index in [9.17, 15) is 13.2 Å². The standard InChI is InChI=1S/C25H36F3N3Si4/c1-32(2,29-23-17-11-8-14-20(23)26)35(7,33(3,4)30-24-18-12-9-15-21(24)27)34(5,6)31-25-19-13-10-16-22(25)28/h8-19,29-31H,1-7H3. The van der Waals surface area contributed by atoms with E-state index in [0.29, 0.717) is 17.1 Å². The van der Waals surface area contributed by atoms with Gasteiger partial charge >= 0.3 is 0 Å². The van der Waals surface area contributed by atoms with Gasteiger partial charge < -0.3 is 14.9 Å². The van der Waals surface area contributed by atoms with Crippen LogP contribution >= 0.6 is 0 Å². The molecular formula is C25H36F3N3Si4. The lowest BCUT2D eigenvalue weighted by Crippen LogP contribution is -2.89. The quantitative estimate of drug-likeness (QED) is 0.241. The molecule has 0 unspecified atom stereocenters. The number of hydrogen-bond acceptors (Lipinski definition) is 3. The van der Waals surface area contributed by atoms with Crippen LogP contribution in [0, 0.1) is 17.5 Å². The second-order valence-electron chi connectivity index (χ2n) is 10.8. The molecule has 0 bridgehead atoms. The molecule has 0 saturated heterocycles. The molecule has 0 spiro atoms. The van der Waals surface area contributed by atoms with Gasteiger partial charge in [0.2, 0.25) is 0 Å². The molecule has 10 heteroatoms. The van der Waals surface area contributed by atoms with Crippen molar-refractivity contribution in [1.29, 1.82) is 0 Å². The summed E-state index contributed by atoms with van der Waals surface area (Å²) in [6.07, 6.45) is 0. The fourth-order valence-corrected chi connectivity index (χ4v) is 76.6. The van der Waals surface area contributed by atoms with Crippen molar-refractivity contribution in [1.82, 2.24) is 0 Å². The zero-order chi connectivity index (χ0) is 26.1. The average Bonchev–Trinajstić information content (AvgIpc) is 2.77. The Balaban J connectivity index is 2.15. The number of rotatable bonds is 9. The lowest BCUT2D eigenvalue weighted by atomic mass is 10.3. The third-order valence-electron chi connectivity index (χ3n) is 7.71. The van der Waals surface area contributed by atoms with Crippen LogP contribution in [-0.2, 0) is 0 Å². The van der Waals surface area contributed by atoms with Crippen molar-refractivity contribution in [3.8, 4) is 0 Å². The minimum absolute atomic E-state index is 0.285. The highest BCUT2D eigenvalue weighted by molar-refractivity contribution is 7.90. The van der Waals surface area contributed by atoms with Gasteiger partial charge in [-0.3, -0.25) is 0 Å². The van der Waals surface area contributed by atoms with E-state index < -0.39 is 29.9 Å². The molecular weight excluding hydrogens is 512 g/mol. The van der Waals surface area contributed by atoms with Crippen LogP contribution < -0.4 is 14.9 Å². The Morgan fingerprint density at radius 3 is 0.886 bits per heavy atom. The third kappa shape index (κ3) is 5.30. The molecule has 3 rings (SSSR count). The van der Waals surface area contributed by atoms with Crippen LogP contribution in [0.25, 0.3) is 0 Å². The zero-order valence-electron chi connectivity index (χ0n) is 21.6. The Kier molecular flexibility index (Phi) is 7.80. The Hall–Kier alpha value is -2.28. The summed E-state index contributed by atoms with van der Waals surface area (Å²) in [6, 6.07) is 20.3. The van der Waals surface area contributed by atoms with Crippen molar-refractivity contribution >= 4 is 46.9 Å². The van der Waals surface area contributed by atoms with Crippen LogP contribution in [0.4, 0.5) is 30.2 Å². The van der Waals surface area contributed by atoms with Crippen LogP contribution in [-0.4, -0.2) is 29.9 Å². The predicted molar refractivity (Wildman–Crippen MR) is 154 cm³/mol. The van der Waals surface area contributed by atoms with Gasteiger partial charge in [-0.05, 0) is 36.4 Å². The monoisotopic (exact) mass is 547 g/mol. The lowest BCUT2D eigenvalue weighted by molar-refractivity contribution is 0.632. The van der Waals surface area contributed by atoms with Gasteiger partial charge in [-0.2, -0.15) is 0 Å². The molecule has 0 saturated carbocycles. The first kappa shape index (κ1) is 27.3. The van der Waals surface area contributed by atoms with Crippen molar-refractivity contribution in [2.75, 3.05) is 14.9 Å². The topological polar surface area (TPSA) is 36.1 Å². The molecule has 3 aromatic rings. The molecule has 0 fully saturated rings. The molecule has 0 aliphatic rings. The van der Waals surface area contributed by atoms with E-state index in [-0.39, 0.29) is 17.5 Å². The first-order chi connectivity index (χ1) is 16.2. The Morgan fingerprint density at radius 1 is 0.429 bits per heavy atom. The van der Waals surface area contributed by atoms with Crippen molar-refractivity contribution in [3.63, 3.8) is 0 Å². The molecule has 0 heterocycles. The maximum Gasteiger partial charge on any atom is 0.145 e. The van der Waals surface area contributed by atoms with Gasteiger partial charge in [0, 0.05) is 0 Å². The van der Waals surface area contributed by atoms with Crippen molar-refractivity contribution in [2.45, 2.75) is 45.8 Å². The fraction of sp³-hybridized carbons (Fsp3) is 0.280. The summed E-state index contributed by atoms with van der Waals surface area (Å²) in [5, 5.41) is 0. The maximum atomic E-state index is 14.8. The number of anilines is 3. The van der Waals surface area contributed by atoms with Gasteiger partial charge in [0.15, 0.2) is 0 Å². The fourth-order valence-electron chi connectivity index (χ4n) is 5.42. The first-order valence-electron chi connectivity index (χ1n) is 11.8. The second kappa shape index (κ2) is 10.00. The van der Waals surface area contributed by atoms with Crippen LogP contribution in [0.15, 0.2) is 72.8 Å². The summed E-state index contributed by atoms with van der Waals surface area (Å²) < 4.78 is 44.3. The number of halogens is 3. The maximum absolute atomic E-state index is 14.8. The summed E-state index contributed by atoms with van der Waals surface area (Å²) in [6.45, 7) is 13.4. The van der Waals surface area contributed by atoms with Crippen LogP contribution in [0.5, 0.6) is 0 Å². The van der Waals surface area contributed by atoms with Crippen LogP contribution in [0.3, 0.4) is 0 Å². The highest BCUT2D eigenvalue weighted by atomic mass is 29.9. The van der Waals surface area contributed by atoms with Gasteiger partial charge in [-0.1, -0.05) is 82.2 Å². The zero-order valence-corrected chi connectivity index (χ0v) is 25.6. The van der Waals surface area contributed by atoms with Gasteiger partial charge in [-0.15, -0.1) is 0 Å². The summed E-state index contributed by atoms with van der Waals surface area (Å²) in [7, 11) is -7.32. The van der Waals surface area contributed by atoms with Gasteiger partial charge in [0.05, 0.1) is 17.1 Å². The Labute approximate surface area is 210 Å². The molecule has 0 aliphatic heterocycles. The Bertz CT molecular complexity index is 1040. The van der Waals surface area contributed by atoms with Crippen molar-refractivity contribution < 1.29 is 13.2 Å². The minimum Gasteiger partial charge on any atom is -0.411 e. The molecule has 3 N–H and O–H groups in total. The molecule has 188 valence electrons. The van der Waals surface area contributed by atoms with Gasteiger partial charge in [0.25, 0.3) is 0 Å². The summed E-state index contributed by atoms with van der Waals surface area (Å²) in [4.78, 5) is 11.0. The molecule has 3 nitrogen and oxygen atoms in total. The third-order valence-corrected chi connectivity index (χ3v) is 75.3. The molecule has 3 aromatic carbocycles. The highest BCUT2D eigenvalue weighted by Gasteiger charge is 2.66. The molecule has 0 amide bonds. The SMILES string of the molecule is C[Si](C)(Nc1ccccc1F)[Si](C)([Si](C)(C)Nc1ccccc1F)[Si](C)(C)Nc1ccccc1F. The van der Waals surface area contributed by atoms with E-state index in [4.69, 9.17) is 0 Å². The lowest BCUT2D eigenvalue weighted by Gasteiger charge is -2.57. The number of nitrogens with one attached hydrogen (secondary N) is 3. The van der Waals surface area contributed by atoms with Crippen molar-refractivity contribution in [3.05, 3.63) is 90.2 Å². The first-order valence-corrected chi connectivity index (χ1v) is 26.3. The van der Waals surface area contributed by atoms with Crippen LogP contribution in [0.1, 0.15) is 0 Å². The summed E-state index contributed by atoms with van der Waals surface area (Å²) >= 11 is 0. The molecule has 0 aliphatic carbocycles. The van der Waals surface area contributed by atoms with E-state index in [2.05, 4.69) is 60.8 Å². The average molecular weight is 548 g/mol. The largest absolute Gasteiger partial charge is 0.411 e. The smallest absolute Gasteiger partial charge is 0.145 e. The number of benzene rings is 3.